The minimum Gasteiger partial charge on any atom is -0.493 e. The van der Waals surface area contributed by atoms with Crippen LogP contribution in [0.15, 0.2) is 46.9 Å². The van der Waals surface area contributed by atoms with Gasteiger partial charge in [0.1, 0.15) is 0 Å². The first kappa shape index (κ1) is 18.5. The van der Waals surface area contributed by atoms with Crippen molar-refractivity contribution in [3.63, 3.8) is 0 Å². The third-order valence-corrected chi connectivity index (χ3v) is 5.44. The van der Waals surface area contributed by atoms with E-state index in [1.165, 1.54) is 11.1 Å². The number of allylic oxidation sites excluding steroid dienone is 1. The molecule has 1 atom stereocenters. The summed E-state index contributed by atoms with van der Waals surface area (Å²) in [5.41, 5.74) is 3.64. The van der Waals surface area contributed by atoms with E-state index in [2.05, 4.69) is 30.3 Å². The fourth-order valence-electron chi connectivity index (χ4n) is 2.96. The maximum atomic E-state index is 5.45. The van der Waals surface area contributed by atoms with Gasteiger partial charge in [-0.05, 0) is 72.1 Å². The average molecular weight is 369 g/mol. The summed E-state index contributed by atoms with van der Waals surface area (Å²) in [7, 11) is 3.32. The fourth-order valence-corrected chi connectivity index (χ4v) is 3.98. The molecular formula is C21H24N2O2S. The van der Waals surface area contributed by atoms with Crippen molar-refractivity contribution in [2.24, 2.45) is 10.9 Å². The third-order valence-electron chi connectivity index (χ3n) is 4.50. The fraction of sp³-hybridized carbons (Fsp3) is 0.333. The van der Waals surface area contributed by atoms with Crippen LogP contribution in [0.3, 0.4) is 0 Å². The number of aliphatic imine (C=N–C) groups is 1. The Bertz CT molecular complexity index is 846. The second-order valence-corrected chi connectivity index (χ2v) is 7.34. The summed E-state index contributed by atoms with van der Waals surface area (Å²) in [5.74, 6) is 2.73. The van der Waals surface area contributed by atoms with E-state index in [1.807, 2.05) is 30.5 Å². The summed E-state index contributed by atoms with van der Waals surface area (Å²) in [6.07, 6.45) is 3.82. The first-order chi connectivity index (χ1) is 12.6. The summed E-state index contributed by atoms with van der Waals surface area (Å²) in [6.45, 7) is 4.32. The van der Waals surface area contributed by atoms with Crippen molar-refractivity contribution < 1.29 is 9.47 Å². The van der Waals surface area contributed by atoms with Crippen molar-refractivity contribution in [3.05, 3.63) is 53.1 Å². The van der Waals surface area contributed by atoms with Crippen molar-refractivity contribution >= 4 is 28.2 Å². The van der Waals surface area contributed by atoms with Crippen LogP contribution >= 0.6 is 11.8 Å². The van der Waals surface area contributed by atoms with Crippen LogP contribution in [0.1, 0.15) is 30.9 Å². The average Bonchev–Trinajstić information content (AvgIpc) is 2.83. The lowest BCUT2D eigenvalue weighted by atomic mass is 9.91. The molecule has 3 rings (SSSR count). The molecule has 0 saturated heterocycles. The second kappa shape index (κ2) is 8.41. The predicted octanol–water partition coefficient (Wildman–Crippen LogP) is 5.64. The molecule has 1 aliphatic rings. The number of benzene rings is 1. The van der Waals surface area contributed by atoms with Crippen LogP contribution in [0.4, 0.5) is 5.82 Å². The Morgan fingerprint density at radius 3 is 2.65 bits per heavy atom. The van der Waals surface area contributed by atoms with Gasteiger partial charge in [0.15, 0.2) is 17.3 Å². The SMILES string of the molecule is COc1ccc(C2=CSC(=Nc3cc(C)ccn3)CCC2C)cc1OC. The molecule has 1 aliphatic heterocycles. The molecule has 0 fully saturated rings. The van der Waals surface area contributed by atoms with E-state index < -0.39 is 0 Å². The number of aromatic nitrogens is 1. The summed E-state index contributed by atoms with van der Waals surface area (Å²) in [6, 6.07) is 10.1. The van der Waals surface area contributed by atoms with E-state index in [1.54, 1.807) is 26.0 Å². The molecule has 0 N–H and O–H groups in total. The Morgan fingerprint density at radius 1 is 1.12 bits per heavy atom. The number of hydrogen-bond donors (Lipinski definition) is 0. The highest BCUT2D eigenvalue weighted by Gasteiger charge is 2.18. The first-order valence-corrected chi connectivity index (χ1v) is 9.58. The Hall–Kier alpha value is -2.27. The number of methoxy groups -OCH3 is 2. The molecule has 4 nitrogen and oxygen atoms in total. The Balaban J connectivity index is 1.88. The second-order valence-electron chi connectivity index (χ2n) is 6.40. The van der Waals surface area contributed by atoms with E-state index in [4.69, 9.17) is 14.5 Å². The molecule has 0 aliphatic carbocycles. The minimum atomic E-state index is 0.443. The van der Waals surface area contributed by atoms with Crippen LogP contribution < -0.4 is 9.47 Å². The summed E-state index contributed by atoms with van der Waals surface area (Å²) in [4.78, 5) is 9.09. The van der Waals surface area contributed by atoms with Gasteiger partial charge < -0.3 is 9.47 Å². The lowest BCUT2D eigenvalue weighted by molar-refractivity contribution is 0.355. The maximum absolute atomic E-state index is 5.45. The molecule has 2 heterocycles. The zero-order valence-electron chi connectivity index (χ0n) is 15.7. The van der Waals surface area contributed by atoms with Crippen LogP contribution in [-0.2, 0) is 0 Å². The highest BCUT2D eigenvalue weighted by Crippen LogP contribution is 2.38. The molecule has 2 aromatic rings. The van der Waals surface area contributed by atoms with E-state index in [9.17, 15) is 0 Å². The van der Waals surface area contributed by atoms with Gasteiger partial charge in [-0.15, -0.1) is 0 Å². The molecule has 1 aromatic heterocycles. The Kier molecular flexibility index (Phi) is 5.99. The molecule has 26 heavy (non-hydrogen) atoms. The molecule has 0 bridgehead atoms. The largest absolute Gasteiger partial charge is 0.493 e. The van der Waals surface area contributed by atoms with Gasteiger partial charge in [-0.2, -0.15) is 0 Å². The predicted molar refractivity (Wildman–Crippen MR) is 110 cm³/mol. The Morgan fingerprint density at radius 2 is 1.92 bits per heavy atom. The van der Waals surface area contributed by atoms with Gasteiger partial charge in [-0.1, -0.05) is 24.8 Å². The smallest absolute Gasteiger partial charge is 0.161 e. The van der Waals surface area contributed by atoms with Crippen LogP contribution in [0.5, 0.6) is 11.5 Å². The van der Waals surface area contributed by atoms with E-state index in [-0.39, 0.29) is 0 Å². The van der Waals surface area contributed by atoms with Crippen LogP contribution in [0, 0.1) is 12.8 Å². The van der Waals surface area contributed by atoms with Crippen molar-refractivity contribution in [1.82, 2.24) is 4.98 Å². The number of pyridine rings is 1. The molecule has 136 valence electrons. The molecule has 5 heteroatoms. The number of nitrogens with zero attached hydrogens (tertiary/aromatic N) is 2. The van der Waals surface area contributed by atoms with Gasteiger partial charge >= 0.3 is 0 Å². The topological polar surface area (TPSA) is 43.7 Å². The number of aryl methyl sites for hydroxylation is 1. The van der Waals surface area contributed by atoms with Crippen molar-refractivity contribution in [3.8, 4) is 11.5 Å². The molecule has 0 saturated carbocycles. The summed E-state index contributed by atoms with van der Waals surface area (Å²) in [5, 5.41) is 3.32. The summed E-state index contributed by atoms with van der Waals surface area (Å²) < 4.78 is 10.8. The van der Waals surface area contributed by atoms with Crippen molar-refractivity contribution in [2.75, 3.05) is 14.2 Å². The zero-order valence-corrected chi connectivity index (χ0v) is 16.5. The number of hydrogen-bond acceptors (Lipinski definition) is 5. The van der Waals surface area contributed by atoms with Crippen LogP contribution in [0.2, 0.25) is 0 Å². The maximum Gasteiger partial charge on any atom is 0.161 e. The van der Waals surface area contributed by atoms with Gasteiger partial charge in [0, 0.05) is 6.20 Å². The van der Waals surface area contributed by atoms with Gasteiger partial charge in [0.05, 0.1) is 19.3 Å². The third kappa shape index (κ3) is 4.28. The van der Waals surface area contributed by atoms with Crippen molar-refractivity contribution in [2.45, 2.75) is 26.7 Å². The van der Waals surface area contributed by atoms with E-state index in [0.29, 0.717) is 5.92 Å². The van der Waals surface area contributed by atoms with Crippen LogP contribution in [-0.4, -0.2) is 24.2 Å². The monoisotopic (exact) mass is 368 g/mol. The number of thioether (sulfide) groups is 1. The molecule has 0 amide bonds. The summed E-state index contributed by atoms with van der Waals surface area (Å²) >= 11 is 1.69. The molecule has 0 spiro atoms. The highest BCUT2D eigenvalue weighted by molar-refractivity contribution is 8.16. The Labute approximate surface area is 159 Å². The lowest BCUT2D eigenvalue weighted by Gasteiger charge is -2.15. The normalized spacial score (nSPS) is 19.0. The van der Waals surface area contributed by atoms with Crippen LogP contribution in [0.25, 0.3) is 5.57 Å². The van der Waals surface area contributed by atoms with E-state index >= 15 is 0 Å². The zero-order chi connectivity index (χ0) is 18.5. The van der Waals surface area contributed by atoms with Gasteiger partial charge in [0.25, 0.3) is 0 Å². The lowest BCUT2D eigenvalue weighted by Crippen LogP contribution is -2.00. The van der Waals surface area contributed by atoms with Gasteiger partial charge in [0.2, 0.25) is 0 Å². The van der Waals surface area contributed by atoms with Crippen molar-refractivity contribution in [1.29, 1.82) is 0 Å². The van der Waals surface area contributed by atoms with E-state index in [0.717, 1.165) is 40.8 Å². The minimum absolute atomic E-state index is 0.443. The van der Waals surface area contributed by atoms with Gasteiger partial charge in [-0.25, -0.2) is 9.98 Å². The molecule has 1 unspecified atom stereocenters. The number of ether oxygens (including phenoxy) is 2. The quantitative estimate of drug-likeness (QED) is 0.700. The standard InChI is InChI=1S/C21H24N2O2S/c1-14-9-10-22-20(11-14)23-21-8-5-15(2)17(13-26-21)16-6-7-18(24-3)19(12-16)25-4/h6-7,9-13,15H,5,8H2,1-4H3. The highest BCUT2D eigenvalue weighted by atomic mass is 32.2. The molecular weight excluding hydrogens is 344 g/mol. The van der Waals surface area contributed by atoms with Gasteiger partial charge in [-0.3, -0.25) is 0 Å². The first-order valence-electron chi connectivity index (χ1n) is 8.70. The molecule has 1 aromatic carbocycles. The molecule has 0 radical (unpaired) electrons. The number of rotatable bonds is 4.